The fourth-order valence-electron chi connectivity index (χ4n) is 1.17. The van der Waals surface area contributed by atoms with E-state index in [-0.39, 0.29) is 6.61 Å². The molecule has 0 saturated carbocycles. The first-order valence-electron chi connectivity index (χ1n) is 4.25. The number of nitrogens with two attached hydrogens (primary N) is 1. The maximum Gasteiger partial charge on any atom is 0.255 e. The summed E-state index contributed by atoms with van der Waals surface area (Å²) in [4.78, 5) is 10.6. The fourth-order valence-corrected chi connectivity index (χ4v) is 1.17. The molecule has 0 fully saturated rings. The molecule has 7 heteroatoms. The summed E-state index contributed by atoms with van der Waals surface area (Å²) >= 11 is 0. The molecule has 0 spiro atoms. The Kier molecular flexibility index (Phi) is 2.20. The second-order valence-electron chi connectivity index (χ2n) is 3.00. The lowest BCUT2D eigenvalue weighted by Crippen LogP contribution is -2.20. The van der Waals surface area contributed by atoms with Gasteiger partial charge in [-0.25, -0.2) is 0 Å². The molecule has 0 aliphatic heterocycles. The van der Waals surface area contributed by atoms with Gasteiger partial charge >= 0.3 is 0 Å². The van der Waals surface area contributed by atoms with E-state index in [1.807, 2.05) is 0 Å². The molecule has 1 amide bonds. The van der Waals surface area contributed by atoms with Gasteiger partial charge in [0, 0.05) is 6.07 Å². The van der Waals surface area contributed by atoms with Crippen LogP contribution in [0.1, 0.15) is 5.69 Å². The number of ether oxygens (including phenoxy) is 1. The minimum absolute atomic E-state index is 0.189. The second kappa shape index (κ2) is 3.52. The molecule has 0 unspecified atom stereocenters. The minimum atomic E-state index is -0.540. The summed E-state index contributed by atoms with van der Waals surface area (Å²) in [5, 5.41) is 11.6. The Morgan fingerprint density at radius 1 is 1.67 bits per heavy atom. The van der Waals surface area contributed by atoms with Crippen LogP contribution < -0.4 is 10.5 Å². The van der Waals surface area contributed by atoms with E-state index in [4.69, 9.17) is 10.5 Å². The number of carbonyl (C=O) groups is 1. The van der Waals surface area contributed by atoms with Crippen LogP contribution in [0.4, 0.5) is 0 Å². The highest BCUT2D eigenvalue weighted by Crippen LogP contribution is 2.16. The largest absolute Gasteiger partial charge is 0.480 e. The van der Waals surface area contributed by atoms with Crippen molar-refractivity contribution in [2.24, 2.45) is 5.73 Å². The molecule has 0 saturated heterocycles. The molecule has 2 heterocycles. The highest BCUT2D eigenvalue weighted by Gasteiger charge is 2.08. The summed E-state index contributed by atoms with van der Waals surface area (Å²) in [5.74, 6) is -0.0964. The number of amides is 1. The van der Waals surface area contributed by atoms with E-state index in [9.17, 15) is 4.79 Å². The van der Waals surface area contributed by atoms with Crippen LogP contribution >= 0.6 is 0 Å². The maximum absolute atomic E-state index is 10.6. The second-order valence-corrected chi connectivity index (χ2v) is 3.00. The Morgan fingerprint density at radius 2 is 2.47 bits per heavy atom. The van der Waals surface area contributed by atoms with Crippen LogP contribution in [0.15, 0.2) is 12.4 Å². The first kappa shape index (κ1) is 9.38. The predicted molar refractivity (Wildman–Crippen MR) is 50.2 cm³/mol. The number of aryl methyl sites for hydroxylation is 1. The van der Waals surface area contributed by atoms with Crippen molar-refractivity contribution in [3.63, 3.8) is 0 Å². The number of rotatable bonds is 3. The minimum Gasteiger partial charge on any atom is -0.480 e. The molecule has 15 heavy (non-hydrogen) atoms. The lowest BCUT2D eigenvalue weighted by Gasteiger charge is -2.04. The molecule has 2 N–H and O–H groups in total. The third kappa shape index (κ3) is 1.85. The zero-order chi connectivity index (χ0) is 10.8. The van der Waals surface area contributed by atoms with Gasteiger partial charge in [0.1, 0.15) is 6.33 Å². The number of carbonyl (C=O) groups excluding carboxylic acids is 1. The van der Waals surface area contributed by atoms with Crippen molar-refractivity contribution in [3.05, 3.63) is 18.1 Å². The molecular formula is C8H9N5O2. The topological polar surface area (TPSA) is 95.4 Å². The number of fused-ring (bicyclic) bond motifs is 1. The predicted octanol–water partition coefficient (Wildman–Crippen LogP) is -0.703. The third-order valence-corrected chi connectivity index (χ3v) is 1.73. The van der Waals surface area contributed by atoms with Crippen molar-refractivity contribution < 1.29 is 9.53 Å². The molecule has 0 radical (unpaired) electrons. The van der Waals surface area contributed by atoms with Crippen molar-refractivity contribution in [1.82, 2.24) is 19.8 Å². The Labute approximate surface area is 84.9 Å². The number of primary amides is 1. The van der Waals surface area contributed by atoms with Crippen LogP contribution in [-0.2, 0) is 4.79 Å². The number of hydrogen-bond donors (Lipinski definition) is 1. The van der Waals surface area contributed by atoms with Crippen LogP contribution in [-0.4, -0.2) is 32.3 Å². The monoisotopic (exact) mass is 207 g/mol. The quantitative estimate of drug-likeness (QED) is 0.717. The number of nitrogens with zero attached hydrogens (tertiary/aromatic N) is 4. The molecule has 78 valence electrons. The molecular weight excluding hydrogens is 198 g/mol. The van der Waals surface area contributed by atoms with Crippen molar-refractivity contribution in [2.75, 3.05) is 6.61 Å². The molecule has 2 aromatic heterocycles. The molecule has 7 nitrogen and oxygen atoms in total. The van der Waals surface area contributed by atoms with Gasteiger partial charge in [0.25, 0.3) is 5.91 Å². The Morgan fingerprint density at radius 3 is 3.20 bits per heavy atom. The first-order valence-corrected chi connectivity index (χ1v) is 4.25. The van der Waals surface area contributed by atoms with Gasteiger partial charge in [-0.2, -0.15) is 9.61 Å². The molecule has 2 rings (SSSR count). The summed E-state index contributed by atoms with van der Waals surface area (Å²) in [6.07, 6.45) is 1.46. The van der Waals surface area contributed by atoms with Gasteiger partial charge in [-0.05, 0) is 6.92 Å². The van der Waals surface area contributed by atoms with Gasteiger partial charge in [-0.1, -0.05) is 0 Å². The SMILES string of the molecule is Cc1cc(OCC(N)=O)c2nncn2n1. The van der Waals surface area contributed by atoms with Gasteiger partial charge in [-0.15, -0.1) is 10.2 Å². The number of aromatic nitrogens is 4. The van der Waals surface area contributed by atoms with E-state index in [1.165, 1.54) is 10.8 Å². The Hall–Kier alpha value is -2.18. The highest BCUT2D eigenvalue weighted by atomic mass is 16.5. The molecule has 0 bridgehead atoms. The molecule has 2 aromatic rings. The Bertz CT molecular complexity index is 507. The van der Waals surface area contributed by atoms with Gasteiger partial charge in [0.2, 0.25) is 5.65 Å². The summed E-state index contributed by atoms with van der Waals surface area (Å²) < 4.78 is 6.66. The van der Waals surface area contributed by atoms with Gasteiger partial charge in [0.15, 0.2) is 12.4 Å². The van der Waals surface area contributed by atoms with E-state index in [2.05, 4.69) is 15.3 Å². The molecule has 0 aromatic carbocycles. The number of hydrogen-bond acceptors (Lipinski definition) is 5. The van der Waals surface area contributed by atoms with Crippen molar-refractivity contribution in [2.45, 2.75) is 6.92 Å². The van der Waals surface area contributed by atoms with Crippen LogP contribution in [0.5, 0.6) is 5.75 Å². The average molecular weight is 207 g/mol. The van der Waals surface area contributed by atoms with Crippen molar-refractivity contribution in [3.8, 4) is 5.75 Å². The van der Waals surface area contributed by atoms with E-state index >= 15 is 0 Å². The fraction of sp³-hybridized carbons (Fsp3) is 0.250. The van der Waals surface area contributed by atoms with Gasteiger partial charge in [0.05, 0.1) is 5.69 Å². The van der Waals surface area contributed by atoms with Crippen molar-refractivity contribution >= 4 is 11.6 Å². The summed E-state index contributed by atoms with van der Waals surface area (Å²) in [6.45, 7) is 1.61. The van der Waals surface area contributed by atoms with E-state index in [0.717, 1.165) is 5.69 Å². The smallest absolute Gasteiger partial charge is 0.255 e. The molecule has 0 aliphatic carbocycles. The van der Waals surface area contributed by atoms with E-state index in [1.54, 1.807) is 13.0 Å². The maximum atomic E-state index is 10.6. The zero-order valence-corrected chi connectivity index (χ0v) is 8.04. The Balaban J connectivity index is 2.39. The molecule has 0 aliphatic rings. The third-order valence-electron chi connectivity index (χ3n) is 1.73. The van der Waals surface area contributed by atoms with Crippen LogP contribution in [0.25, 0.3) is 5.65 Å². The van der Waals surface area contributed by atoms with Gasteiger partial charge in [-0.3, -0.25) is 4.79 Å². The highest BCUT2D eigenvalue weighted by molar-refractivity contribution is 5.75. The first-order chi connectivity index (χ1) is 7.16. The van der Waals surface area contributed by atoms with Crippen LogP contribution in [0.2, 0.25) is 0 Å². The van der Waals surface area contributed by atoms with Crippen molar-refractivity contribution in [1.29, 1.82) is 0 Å². The summed E-state index contributed by atoms with van der Waals surface area (Å²) in [6, 6.07) is 1.67. The molecule has 0 atom stereocenters. The van der Waals surface area contributed by atoms with Crippen LogP contribution in [0.3, 0.4) is 0 Å². The standard InChI is InChI=1S/C8H9N5O2/c1-5-2-6(15-3-7(9)14)8-11-10-4-13(8)12-5/h2,4H,3H2,1H3,(H2,9,14). The summed E-state index contributed by atoms with van der Waals surface area (Å²) in [5.41, 5.74) is 6.17. The van der Waals surface area contributed by atoms with Crippen LogP contribution in [0, 0.1) is 6.92 Å². The normalized spacial score (nSPS) is 10.5. The lowest BCUT2D eigenvalue weighted by atomic mass is 10.4. The van der Waals surface area contributed by atoms with Gasteiger partial charge < -0.3 is 10.5 Å². The van der Waals surface area contributed by atoms with E-state index in [0.29, 0.717) is 11.4 Å². The average Bonchev–Trinajstić information content (AvgIpc) is 2.61. The lowest BCUT2D eigenvalue weighted by molar-refractivity contribution is -0.119. The summed E-state index contributed by atoms with van der Waals surface area (Å²) in [7, 11) is 0. The zero-order valence-electron chi connectivity index (χ0n) is 8.04. The van der Waals surface area contributed by atoms with E-state index < -0.39 is 5.91 Å².